The first-order chi connectivity index (χ1) is 8.35. The summed E-state index contributed by atoms with van der Waals surface area (Å²) >= 11 is 0. The molecule has 0 spiro atoms. The summed E-state index contributed by atoms with van der Waals surface area (Å²) in [4.78, 5) is 33.2. The van der Waals surface area contributed by atoms with Crippen molar-refractivity contribution in [1.29, 1.82) is 0 Å². The molecule has 18 heavy (non-hydrogen) atoms. The van der Waals surface area contributed by atoms with Gasteiger partial charge in [0, 0.05) is 13.0 Å². The van der Waals surface area contributed by atoms with Gasteiger partial charge >= 0.3 is 11.9 Å². The van der Waals surface area contributed by atoms with E-state index in [0.717, 1.165) is 6.42 Å². The minimum Gasteiger partial charge on any atom is -0.481 e. The van der Waals surface area contributed by atoms with Crippen LogP contribution in [0.3, 0.4) is 0 Å². The van der Waals surface area contributed by atoms with Crippen molar-refractivity contribution < 1.29 is 29.3 Å². The number of carboxylic acid groups (broad SMARTS) is 2. The van der Waals surface area contributed by atoms with Gasteiger partial charge in [0.05, 0.1) is 0 Å². The summed E-state index contributed by atoms with van der Waals surface area (Å²) in [6.45, 7) is 2.07. The molecule has 1 saturated heterocycles. The van der Waals surface area contributed by atoms with Crippen molar-refractivity contribution in [1.82, 2.24) is 5.32 Å². The standard InChI is InChI=1S/C11H17NO6/c1-11(5-2-6-18-11)10(17)12-7(9(15)16)3-4-8(13)14/h7H,2-6H2,1H3,(H,12,17)(H,13,14)(H,15,16)/t7-,11?/m0/s1. The fraction of sp³-hybridized carbons (Fsp3) is 0.727. The first-order valence-corrected chi connectivity index (χ1v) is 5.75. The molecule has 1 amide bonds. The summed E-state index contributed by atoms with van der Waals surface area (Å²) in [5, 5.41) is 19.8. The Kier molecular flexibility index (Phi) is 4.66. The molecule has 1 unspecified atom stereocenters. The van der Waals surface area contributed by atoms with Crippen LogP contribution in [-0.4, -0.2) is 46.3 Å². The number of carboxylic acids is 2. The molecule has 0 aromatic rings. The van der Waals surface area contributed by atoms with Gasteiger partial charge in [0.1, 0.15) is 11.6 Å². The van der Waals surface area contributed by atoms with Crippen LogP contribution in [-0.2, 0) is 19.1 Å². The molecule has 3 N–H and O–H groups in total. The summed E-state index contributed by atoms with van der Waals surface area (Å²) in [5.41, 5.74) is -1.00. The van der Waals surface area contributed by atoms with Gasteiger partial charge in [-0.1, -0.05) is 0 Å². The number of ether oxygens (including phenoxy) is 1. The fourth-order valence-corrected chi connectivity index (χ4v) is 1.79. The fourth-order valence-electron chi connectivity index (χ4n) is 1.79. The molecule has 0 saturated carbocycles. The van der Waals surface area contributed by atoms with Crippen LogP contribution in [0.15, 0.2) is 0 Å². The van der Waals surface area contributed by atoms with Crippen molar-refractivity contribution >= 4 is 17.8 Å². The van der Waals surface area contributed by atoms with E-state index in [1.807, 2.05) is 0 Å². The Morgan fingerprint density at radius 2 is 2.06 bits per heavy atom. The van der Waals surface area contributed by atoms with Gasteiger partial charge in [-0.3, -0.25) is 9.59 Å². The van der Waals surface area contributed by atoms with Gasteiger partial charge in [-0.05, 0) is 26.2 Å². The van der Waals surface area contributed by atoms with E-state index in [-0.39, 0.29) is 12.8 Å². The zero-order valence-corrected chi connectivity index (χ0v) is 10.1. The lowest BCUT2D eigenvalue weighted by Crippen LogP contribution is -2.50. The first-order valence-electron chi connectivity index (χ1n) is 5.75. The normalized spacial score (nSPS) is 24.5. The van der Waals surface area contributed by atoms with Gasteiger partial charge in [-0.2, -0.15) is 0 Å². The average Bonchev–Trinajstić information content (AvgIpc) is 2.71. The van der Waals surface area contributed by atoms with Crippen LogP contribution in [0.25, 0.3) is 0 Å². The number of carbonyl (C=O) groups is 3. The minimum absolute atomic E-state index is 0.146. The summed E-state index contributed by atoms with van der Waals surface area (Å²) in [5.74, 6) is -2.84. The Hall–Kier alpha value is -1.63. The third-order valence-electron chi connectivity index (χ3n) is 2.95. The van der Waals surface area contributed by atoms with E-state index in [9.17, 15) is 14.4 Å². The molecule has 7 heteroatoms. The lowest BCUT2D eigenvalue weighted by Gasteiger charge is -2.24. The van der Waals surface area contributed by atoms with E-state index in [1.54, 1.807) is 6.92 Å². The molecule has 1 fully saturated rings. The van der Waals surface area contributed by atoms with Crippen molar-refractivity contribution in [3.05, 3.63) is 0 Å². The Balaban J connectivity index is 2.57. The molecule has 0 radical (unpaired) electrons. The van der Waals surface area contributed by atoms with Crippen LogP contribution in [0.2, 0.25) is 0 Å². The smallest absolute Gasteiger partial charge is 0.326 e. The second kappa shape index (κ2) is 5.81. The van der Waals surface area contributed by atoms with Gasteiger partial charge < -0.3 is 20.3 Å². The topological polar surface area (TPSA) is 113 Å². The van der Waals surface area contributed by atoms with Crippen molar-refractivity contribution in [2.24, 2.45) is 0 Å². The summed E-state index contributed by atoms with van der Waals surface area (Å²) in [7, 11) is 0. The zero-order chi connectivity index (χ0) is 13.8. The van der Waals surface area contributed by atoms with Crippen LogP contribution in [0.4, 0.5) is 0 Å². The van der Waals surface area contributed by atoms with Gasteiger partial charge in [0.25, 0.3) is 5.91 Å². The summed E-state index contributed by atoms with van der Waals surface area (Å²) in [6.07, 6.45) is 0.822. The molecule has 2 atom stereocenters. The second-order valence-electron chi connectivity index (χ2n) is 4.48. The summed E-state index contributed by atoms with van der Waals surface area (Å²) in [6, 6.07) is -1.20. The predicted octanol–water partition coefficient (Wildman–Crippen LogP) is -0.0103. The number of carbonyl (C=O) groups excluding carboxylic acids is 1. The molecule has 0 aromatic heterocycles. The molecule has 1 aliphatic rings. The maximum Gasteiger partial charge on any atom is 0.326 e. The van der Waals surface area contributed by atoms with Crippen LogP contribution in [0.5, 0.6) is 0 Å². The molecule has 1 heterocycles. The largest absolute Gasteiger partial charge is 0.481 e. The highest BCUT2D eigenvalue weighted by Crippen LogP contribution is 2.25. The Bertz CT molecular complexity index is 347. The Morgan fingerprint density at radius 3 is 2.50 bits per heavy atom. The Labute approximate surface area is 104 Å². The third kappa shape index (κ3) is 3.69. The number of hydrogen-bond acceptors (Lipinski definition) is 4. The van der Waals surface area contributed by atoms with Crippen molar-refractivity contribution in [3.8, 4) is 0 Å². The molecule has 0 aromatic carbocycles. The second-order valence-corrected chi connectivity index (χ2v) is 4.48. The highest BCUT2D eigenvalue weighted by Gasteiger charge is 2.39. The zero-order valence-electron chi connectivity index (χ0n) is 10.1. The van der Waals surface area contributed by atoms with Crippen molar-refractivity contribution in [3.63, 3.8) is 0 Å². The maximum absolute atomic E-state index is 11.9. The van der Waals surface area contributed by atoms with E-state index in [2.05, 4.69) is 5.32 Å². The van der Waals surface area contributed by atoms with Gasteiger partial charge in [-0.25, -0.2) is 4.79 Å². The molecule has 1 rings (SSSR count). The SMILES string of the molecule is CC1(C(=O)N[C@@H](CCC(=O)O)C(=O)O)CCCO1. The van der Waals surface area contributed by atoms with Crippen molar-refractivity contribution in [2.45, 2.75) is 44.2 Å². The molecule has 0 aliphatic carbocycles. The van der Waals surface area contributed by atoms with Crippen LogP contribution < -0.4 is 5.32 Å². The van der Waals surface area contributed by atoms with E-state index in [0.29, 0.717) is 13.0 Å². The van der Waals surface area contributed by atoms with Gasteiger partial charge in [0.2, 0.25) is 0 Å². The lowest BCUT2D eigenvalue weighted by atomic mass is 10.0. The highest BCUT2D eigenvalue weighted by atomic mass is 16.5. The quantitative estimate of drug-likeness (QED) is 0.618. The molecular weight excluding hydrogens is 242 g/mol. The number of amides is 1. The molecule has 102 valence electrons. The number of rotatable bonds is 6. The summed E-state index contributed by atoms with van der Waals surface area (Å²) < 4.78 is 5.29. The van der Waals surface area contributed by atoms with Crippen LogP contribution in [0, 0.1) is 0 Å². The van der Waals surface area contributed by atoms with Gasteiger partial charge in [0.15, 0.2) is 0 Å². The van der Waals surface area contributed by atoms with Crippen LogP contribution in [0.1, 0.15) is 32.6 Å². The number of aliphatic carboxylic acids is 2. The van der Waals surface area contributed by atoms with E-state index >= 15 is 0 Å². The lowest BCUT2D eigenvalue weighted by molar-refractivity contribution is -0.148. The third-order valence-corrected chi connectivity index (χ3v) is 2.95. The monoisotopic (exact) mass is 259 g/mol. The minimum atomic E-state index is -1.24. The van der Waals surface area contributed by atoms with E-state index < -0.39 is 29.5 Å². The number of nitrogens with one attached hydrogen (secondary N) is 1. The molecular formula is C11H17NO6. The molecule has 1 aliphatic heterocycles. The maximum atomic E-state index is 11.9. The Morgan fingerprint density at radius 1 is 1.39 bits per heavy atom. The predicted molar refractivity (Wildman–Crippen MR) is 60.0 cm³/mol. The van der Waals surface area contributed by atoms with Gasteiger partial charge in [-0.15, -0.1) is 0 Å². The number of hydrogen-bond donors (Lipinski definition) is 3. The van der Waals surface area contributed by atoms with E-state index in [4.69, 9.17) is 14.9 Å². The average molecular weight is 259 g/mol. The van der Waals surface area contributed by atoms with E-state index in [1.165, 1.54) is 0 Å². The molecule has 7 nitrogen and oxygen atoms in total. The first kappa shape index (κ1) is 14.4. The highest BCUT2D eigenvalue weighted by molar-refractivity contribution is 5.89. The molecule has 0 bridgehead atoms. The van der Waals surface area contributed by atoms with Crippen LogP contribution >= 0.6 is 0 Å². The van der Waals surface area contributed by atoms with Crippen molar-refractivity contribution in [2.75, 3.05) is 6.61 Å².